The fourth-order valence-electron chi connectivity index (χ4n) is 2.15. The quantitative estimate of drug-likeness (QED) is 0.871. The molecule has 0 aliphatic carbocycles. The summed E-state index contributed by atoms with van der Waals surface area (Å²) in [6.45, 7) is 1.61. The Morgan fingerprint density at radius 2 is 2.11 bits per heavy atom. The molecular weight excluding hydrogens is 266 g/mol. The van der Waals surface area contributed by atoms with Crippen LogP contribution in [0, 0.1) is 0 Å². The van der Waals surface area contributed by atoms with Gasteiger partial charge in [-0.2, -0.15) is 11.8 Å². The summed E-state index contributed by atoms with van der Waals surface area (Å²) in [6, 6.07) is 7.39. The van der Waals surface area contributed by atoms with Gasteiger partial charge in [0.1, 0.15) is 0 Å². The standard InChI is InChI=1S/C14H20ClNOS/c15-12-6-4-11(5-7-12)14(17)10-16-9-13-3-1-2-8-18-13/h4-7,13-14,16-17H,1-3,8-10H2. The number of benzene rings is 1. The molecule has 0 bridgehead atoms. The van der Waals surface area contributed by atoms with E-state index in [2.05, 4.69) is 17.1 Å². The molecule has 1 aliphatic rings. The molecule has 1 aliphatic heterocycles. The SMILES string of the molecule is OC(CNCC1CCCCS1)c1ccc(Cl)cc1. The van der Waals surface area contributed by atoms with Gasteiger partial charge in [0.2, 0.25) is 0 Å². The number of aliphatic hydroxyl groups is 1. The average Bonchev–Trinajstić information content (AvgIpc) is 2.40. The van der Waals surface area contributed by atoms with Crippen LogP contribution in [0.4, 0.5) is 0 Å². The van der Waals surface area contributed by atoms with Crippen LogP contribution in [0.5, 0.6) is 0 Å². The van der Waals surface area contributed by atoms with Crippen molar-refractivity contribution in [1.82, 2.24) is 5.32 Å². The van der Waals surface area contributed by atoms with E-state index in [1.165, 1.54) is 25.0 Å². The molecule has 0 saturated carbocycles. The maximum atomic E-state index is 10.0. The first-order valence-corrected chi connectivity index (χ1v) is 7.94. The zero-order valence-electron chi connectivity index (χ0n) is 10.4. The molecule has 2 rings (SSSR count). The highest BCUT2D eigenvalue weighted by Gasteiger charge is 2.14. The summed E-state index contributed by atoms with van der Waals surface area (Å²) in [4.78, 5) is 0. The number of hydrogen-bond acceptors (Lipinski definition) is 3. The van der Waals surface area contributed by atoms with Crippen molar-refractivity contribution in [1.29, 1.82) is 0 Å². The van der Waals surface area contributed by atoms with Crippen LogP contribution in [0.1, 0.15) is 30.9 Å². The Bertz CT molecular complexity index is 351. The summed E-state index contributed by atoms with van der Waals surface area (Å²) >= 11 is 7.87. The second-order valence-corrected chi connectivity index (χ2v) is 6.56. The lowest BCUT2D eigenvalue weighted by molar-refractivity contribution is 0.175. The predicted octanol–water partition coefficient (Wildman–Crippen LogP) is 3.25. The molecule has 2 atom stereocenters. The molecule has 2 unspecified atom stereocenters. The van der Waals surface area contributed by atoms with Crippen molar-refractivity contribution in [2.45, 2.75) is 30.6 Å². The van der Waals surface area contributed by atoms with Gasteiger partial charge in [0.05, 0.1) is 6.10 Å². The van der Waals surface area contributed by atoms with E-state index in [1.807, 2.05) is 24.3 Å². The molecule has 0 radical (unpaired) electrons. The van der Waals surface area contributed by atoms with Gasteiger partial charge in [-0.05, 0) is 36.3 Å². The number of halogens is 1. The van der Waals surface area contributed by atoms with E-state index in [1.54, 1.807) is 0 Å². The largest absolute Gasteiger partial charge is 0.387 e. The lowest BCUT2D eigenvalue weighted by Crippen LogP contribution is -2.30. The van der Waals surface area contributed by atoms with Crippen molar-refractivity contribution < 1.29 is 5.11 Å². The zero-order chi connectivity index (χ0) is 12.8. The number of hydrogen-bond donors (Lipinski definition) is 2. The Morgan fingerprint density at radius 1 is 1.33 bits per heavy atom. The summed E-state index contributed by atoms with van der Waals surface area (Å²) in [5.74, 6) is 1.28. The summed E-state index contributed by atoms with van der Waals surface area (Å²) in [5.41, 5.74) is 0.920. The van der Waals surface area contributed by atoms with Crippen molar-refractivity contribution in [3.63, 3.8) is 0 Å². The lowest BCUT2D eigenvalue weighted by atomic mass is 10.1. The molecule has 4 heteroatoms. The number of nitrogens with one attached hydrogen (secondary N) is 1. The summed E-state index contributed by atoms with van der Waals surface area (Å²) in [5, 5.41) is 14.8. The van der Waals surface area contributed by atoms with Crippen molar-refractivity contribution in [2.24, 2.45) is 0 Å². The zero-order valence-corrected chi connectivity index (χ0v) is 12.0. The van der Waals surface area contributed by atoms with Crippen molar-refractivity contribution in [3.05, 3.63) is 34.9 Å². The monoisotopic (exact) mass is 285 g/mol. The number of aliphatic hydroxyl groups excluding tert-OH is 1. The Kier molecular flexibility index (Phi) is 5.83. The van der Waals surface area contributed by atoms with Gasteiger partial charge in [-0.1, -0.05) is 30.2 Å². The molecule has 0 aromatic heterocycles. The third kappa shape index (κ3) is 4.47. The van der Waals surface area contributed by atoms with E-state index >= 15 is 0 Å². The molecule has 1 aromatic carbocycles. The Labute approximate surface area is 118 Å². The van der Waals surface area contributed by atoms with E-state index in [4.69, 9.17) is 11.6 Å². The van der Waals surface area contributed by atoms with Gasteiger partial charge in [-0.15, -0.1) is 0 Å². The van der Waals surface area contributed by atoms with Crippen LogP contribution in [0.3, 0.4) is 0 Å². The van der Waals surface area contributed by atoms with E-state index in [0.717, 1.165) is 17.4 Å². The Morgan fingerprint density at radius 3 is 2.78 bits per heavy atom. The molecule has 0 spiro atoms. The predicted molar refractivity (Wildman–Crippen MR) is 79.4 cm³/mol. The van der Waals surface area contributed by atoms with Crippen molar-refractivity contribution in [2.75, 3.05) is 18.8 Å². The van der Waals surface area contributed by atoms with Gasteiger partial charge in [-0.25, -0.2) is 0 Å². The first-order valence-electron chi connectivity index (χ1n) is 6.51. The highest BCUT2D eigenvalue weighted by atomic mass is 35.5. The topological polar surface area (TPSA) is 32.3 Å². The van der Waals surface area contributed by atoms with Crippen LogP contribution in [0.2, 0.25) is 5.02 Å². The minimum absolute atomic E-state index is 0.448. The van der Waals surface area contributed by atoms with E-state index in [-0.39, 0.29) is 0 Å². The van der Waals surface area contributed by atoms with Gasteiger partial charge in [-0.3, -0.25) is 0 Å². The highest BCUT2D eigenvalue weighted by Crippen LogP contribution is 2.24. The minimum Gasteiger partial charge on any atom is -0.387 e. The van der Waals surface area contributed by atoms with Gasteiger partial charge >= 0.3 is 0 Å². The van der Waals surface area contributed by atoms with Gasteiger partial charge < -0.3 is 10.4 Å². The smallest absolute Gasteiger partial charge is 0.0914 e. The van der Waals surface area contributed by atoms with Gasteiger partial charge in [0.15, 0.2) is 0 Å². The molecule has 2 nitrogen and oxygen atoms in total. The lowest BCUT2D eigenvalue weighted by Gasteiger charge is -2.22. The normalized spacial score (nSPS) is 21.8. The van der Waals surface area contributed by atoms with E-state index in [0.29, 0.717) is 11.6 Å². The Hall–Kier alpha value is -0.220. The minimum atomic E-state index is -0.448. The Balaban J connectivity index is 1.70. The van der Waals surface area contributed by atoms with Gasteiger partial charge in [0, 0.05) is 23.4 Å². The molecule has 2 N–H and O–H groups in total. The van der Waals surface area contributed by atoms with Crippen LogP contribution >= 0.6 is 23.4 Å². The average molecular weight is 286 g/mol. The van der Waals surface area contributed by atoms with E-state index in [9.17, 15) is 5.11 Å². The number of thioether (sulfide) groups is 1. The fraction of sp³-hybridized carbons (Fsp3) is 0.571. The van der Waals surface area contributed by atoms with Crippen LogP contribution in [0.25, 0.3) is 0 Å². The third-order valence-corrected chi connectivity index (χ3v) is 4.89. The van der Waals surface area contributed by atoms with Crippen LogP contribution < -0.4 is 5.32 Å². The molecule has 0 amide bonds. The third-order valence-electron chi connectivity index (χ3n) is 3.24. The molecule has 1 saturated heterocycles. The fourth-order valence-corrected chi connectivity index (χ4v) is 3.55. The molecular formula is C14H20ClNOS. The second-order valence-electron chi connectivity index (χ2n) is 4.71. The maximum Gasteiger partial charge on any atom is 0.0914 e. The van der Waals surface area contributed by atoms with Crippen LogP contribution in [-0.2, 0) is 0 Å². The van der Waals surface area contributed by atoms with Crippen molar-refractivity contribution >= 4 is 23.4 Å². The first-order chi connectivity index (χ1) is 8.75. The summed E-state index contributed by atoms with van der Waals surface area (Å²) in [7, 11) is 0. The summed E-state index contributed by atoms with van der Waals surface area (Å²) < 4.78 is 0. The molecule has 1 aromatic rings. The first kappa shape index (κ1) is 14.2. The van der Waals surface area contributed by atoms with Crippen molar-refractivity contribution in [3.8, 4) is 0 Å². The molecule has 100 valence electrons. The summed E-state index contributed by atoms with van der Waals surface area (Å²) in [6.07, 6.45) is 3.55. The van der Waals surface area contributed by atoms with Crippen LogP contribution in [0.15, 0.2) is 24.3 Å². The molecule has 1 fully saturated rings. The van der Waals surface area contributed by atoms with E-state index < -0.39 is 6.10 Å². The maximum absolute atomic E-state index is 10.0. The molecule has 1 heterocycles. The van der Waals surface area contributed by atoms with Gasteiger partial charge in [0.25, 0.3) is 0 Å². The second kappa shape index (κ2) is 7.39. The molecule has 18 heavy (non-hydrogen) atoms. The highest BCUT2D eigenvalue weighted by molar-refractivity contribution is 7.99. The number of rotatable bonds is 5. The van der Waals surface area contributed by atoms with Crippen LogP contribution in [-0.4, -0.2) is 29.2 Å².